The smallest absolute Gasteiger partial charge is 0.234 e. The molecule has 1 fully saturated rings. The highest BCUT2D eigenvalue weighted by Gasteiger charge is 2.29. The van der Waals surface area contributed by atoms with Crippen LogP contribution in [0.15, 0.2) is 70.7 Å². The van der Waals surface area contributed by atoms with Crippen molar-refractivity contribution < 1.29 is 4.79 Å². The van der Waals surface area contributed by atoms with Crippen LogP contribution in [0.3, 0.4) is 0 Å². The number of benzene rings is 2. The lowest BCUT2D eigenvalue weighted by Crippen LogP contribution is -2.12. The molecule has 2 heterocycles. The predicted octanol–water partition coefficient (Wildman–Crippen LogP) is 4.89. The summed E-state index contributed by atoms with van der Waals surface area (Å²) in [4.78, 5) is 26.5. The molecule has 5 rings (SSSR count). The number of para-hydroxylation sites is 1. The van der Waals surface area contributed by atoms with Gasteiger partial charge in [-0.05, 0) is 67.9 Å². The molecule has 1 aliphatic rings. The van der Waals surface area contributed by atoms with Gasteiger partial charge in [-0.15, -0.1) is 0 Å². The number of aromatic nitrogens is 5. The van der Waals surface area contributed by atoms with Crippen molar-refractivity contribution in [1.29, 1.82) is 0 Å². The standard InChI is InChI=1S/C23H22N8OS/c1-14-13-19(31-30-14)26-22-27-21(25-16-5-3-2-4-6-16)28-23(29-22)33-18-11-9-17(10-12-18)24-20(32)15-7-8-15/h2-6,9-13,15H,7-8H2,1H3,(H,24,32)(H3,25,26,27,28,29,30,31). The van der Waals surface area contributed by atoms with Gasteiger partial charge >= 0.3 is 0 Å². The summed E-state index contributed by atoms with van der Waals surface area (Å²) < 4.78 is 0. The molecule has 2 aromatic heterocycles. The second-order valence-electron chi connectivity index (χ2n) is 7.71. The zero-order chi connectivity index (χ0) is 22.6. The van der Waals surface area contributed by atoms with Gasteiger partial charge in [0.15, 0.2) is 11.0 Å². The van der Waals surface area contributed by atoms with E-state index in [2.05, 4.69) is 41.1 Å². The van der Waals surface area contributed by atoms with E-state index in [9.17, 15) is 4.79 Å². The van der Waals surface area contributed by atoms with Gasteiger partial charge in [0.05, 0.1) is 0 Å². The van der Waals surface area contributed by atoms with Crippen molar-refractivity contribution in [3.8, 4) is 0 Å². The zero-order valence-corrected chi connectivity index (χ0v) is 18.7. The van der Waals surface area contributed by atoms with Crippen molar-refractivity contribution >= 4 is 46.8 Å². The van der Waals surface area contributed by atoms with E-state index >= 15 is 0 Å². The van der Waals surface area contributed by atoms with E-state index in [-0.39, 0.29) is 11.8 Å². The fourth-order valence-electron chi connectivity index (χ4n) is 3.06. The number of hydrogen-bond donors (Lipinski definition) is 4. The van der Waals surface area contributed by atoms with Crippen molar-refractivity contribution in [2.24, 2.45) is 5.92 Å². The number of nitrogens with zero attached hydrogens (tertiary/aromatic N) is 4. The fourth-order valence-corrected chi connectivity index (χ4v) is 3.81. The summed E-state index contributed by atoms with van der Waals surface area (Å²) in [6, 6.07) is 19.2. The SMILES string of the molecule is Cc1cc(Nc2nc(Nc3ccccc3)nc(Sc3ccc(NC(=O)C4CC4)cc3)n2)n[nH]1. The molecule has 166 valence electrons. The highest BCUT2D eigenvalue weighted by atomic mass is 32.2. The van der Waals surface area contributed by atoms with Crippen molar-refractivity contribution in [1.82, 2.24) is 25.1 Å². The highest BCUT2D eigenvalue weighted by Crippen LogP contribution is 2.31. The number of rotatable bonds is 8. The Balaban J connectivity index is 1.36. The molecule has 2 aromatic carbocycles. The number of aryl methyl sites for hydroxylation is 1. The molecule has 0 atom stereocenters. The third-order valence-corrected chi connectivity index (χ3v) is 5.74. The number of carbonyl (C=O) groups is 1. The van der Waals surface area contributed by atoms with E-state index in [0.29, 0.717) is 22.9 Å². The van der Waals surface area contributed by atoms with Crippen molar-refractivity contribution in [2.45, 2.75) is 29.8 Å². The molecule has 0 spiro atoms. The average molecular weight is 459 g/mol. The van der Waals surface area contributed by atoms with Crippen LogP contribution in [-0.4, -0.2) is 31.1 Å². The van der Waals surface area contributed by atoms with E-state index in [4.69, 9.17) is 0 Å². The summed E-state index contributed by atoms with van der Waals surface area (Å²) in [7, 11) is 0. The van der Waals surface area contributed by atoms with E-state index in [1.165, 1.54) is 11.8 Å². The quantitative estimate of drug-likeness (QED) is 0.295. The van der Waals surface area contributed by atoms with Gasteiger partial charge < -0.3 is 16.0 Å². The third kappa shape index (κ3) is 5.66. The van der Waals surface area contributed by atoms with Gasteiger partial charge in [-0.25, -0.2) is 0 Å². The van der Waals surface area contributed by atoms with Crippen LogP contribution in [0.5, 0.6) is 0 Å². The number of anilines is 5. The maximum atomic E-state index is 12.0. The zero-order valence-electron chi connectivity index (χ0n) is 17.9. The third-order valence-electron chi connectivity index (χ3n) is 4.87. The van der Waals surface area contributed by atoms with Crippen LogP contribution in [-0.2, 0) is 4.79 Å². The lowest BCUT2D eigenvalue weighted by atomic mass is 10.3. The minimum absolute atomic E-state index is 0.0915. The first kappa shape index (κ1) is 21.0. The number of hydrogen-bond acceptors (Lipinski definition) is 8. The van der Waals surface area contributed by atoms with Crippen LogP contribution in [0.2, 0.25) is 0 Å². The molecule has 1 amide bonds. The Morgan fingerprint density at radius 2 is 1.67 bits per heavy atom. The minimum atomic E-state index is 0.0915. The molecule has 0 radical (unpaired) electrons. The molecule has 33 heavy (non-hydrogen) atoms. The van der Waals surface area contributed by atoms with Gasteiger partial charge in [-0.1, -0.05) is 18.2 Å². The second-order valence-corrected chi connectivity index (χ2v) is 8.75. The van der Waals surface area contributed by atoms with Crippen LogP contribution in [0.25, 0.3) is 0 Å². The van der Waals surface area contributed by atoms with Crippen LogP contribution >= 0.6 is 11.8 Å². The Morgan fingerprint density at radius 3 is 2.33 bits per heavy atom. The van der Waals surface area contributed by atoms with Gasteiger partial charge in [0.2, 0.25) is 17.8 Å². The maximum Gasteiger partial charge on any atom is 0.234 e. The fraction of sp³-hybridized carbons (Fsp3) is 0.174. The van der Waals surface area contributed by atoms with Gasteiger partial charge in [0.1, 0.15) is 0 Å². The normalized spacial score (nSPS) is 12.9. The Morgan fingerprint density at radius 1 is 0.939 bits per heavy atom. The molecule has 9 nitrogen and oxygen atoms in total. The van der Waals surface area contributed by atoms with E-state index in [1.54, 1.807) is 0 Å². The molecular weight excluding hydrogens is 436 g/mol. The number of amides is 1. The second kappa shape index (κ2) is 9.29. The van der Waals surface area contributed by atoms with Crippen LogP contribution in [0.4, 0.5) is 29.1 Å². The topological polar surface area (TPSA) is 121 Å². The summed E-state index contributed by atoms with van der Waals surface area (Å²) in [6.45, 7) is 1.92. The largest absolute Gasteiger partial charge is 0.326 e. The van der Waals surface area contributed by atoms with E-state index in [0.717, 1.165) is 34.8 Å². The average Bonchev–Trinajstić information content (AvgIpc) is 3.58. The minimum Gasteiger partial charge on any atom is -0.326 e. The predicted molar refractivity (Wildman–Crippen MR) is 128 cm³/mol. The molecule has 4 N–H and O–H groups in total. The first-order chi connectivity index (χ1) is 16.1. The van der Waals surface area contributed by atoms with Crippen LogP contribution in [0.1, 0.15) is 18.5 Å². The van der Waals surface area contributed by atoms with E-state index < -0.39 is 0 Å². The van der Waals surface area contributed by atoms with Crippen LogP contribution in [0, 0.1) is 12.8 Å². The summed E-state index contributed by atoms with van der Waals surface area (Å²) in [5.41, 5.74) is 2.59. The monoisotopic (exact) mass is 458 g/mol. The summed E-state index contributed by atoms with van der Waals surface area (Å²) in [6.07, 6.45) is 1.96. The summed E-state index contributed by atoms with van der Waals surface area (Å²) in [5.74, 6) is 1.68. The molecule has 1 saturated carbocycles. The number of carbonyl (C=O) groups excluding carboxylic acids is 1. The maximum absolute atomic E-state index is 12.0. The molecule has 10 heteroatoms. The van der Waals surface area contributed by atoms with E-state index in [1.807, 2.05) is 67.6 Å². The Hall–Kier alpha value is -3.92. The van der Waals surface area contributed by atoms with Gasteiger partial charge in [-0.2, -0.15) is 20.1 Å². The Bertz CT molecular complexity index is 1260. The molecule has 0 saturated heterocycles. The highest BCUT2D eigenvalue weighted by molar-refractivity contribution is 7.99. The molecule has 1 aliphatic carbocycles. The van der Waals surface area contributed by atoms with Crippen LogP contribution < -0.4 is 16.0 Å². The number of nitrogens with one attached hydrogen (secondary N) is 4. The lowest BCUT2D eigenvalue weighted by Gasteiger charge is -2.10. The molecule has 0 aliphatic heterocycles. The lowest BCUT2D eigenvalue weighted by molar-refractivity contribution is -0.117. The van der Waals surface area contributed by atoms with Gasteiger partial charge in [-0.3, -0.25) is 9.89 Å². The van der Waals surface area contributed by atoms with Crippen molar-refractivity contribution in [3.05, 3.63) is 66.4 Å². The molecule has 4 aromatic rings. The summed E-state index contributed by atoms with van der Waals surface area (Å²) in [5, 5.41) is 16.9. The Kier molecular flexibility index (Phi) is 5.90. The molecular formula is C23H22N8OS. The number of aromatic amines is 1. The summed E-state index contributed by atoms with van der Waals surface area (Å²) >= 11 is 1.41. The first-order valence-electron chi connectivity index (χ1n) is 10.6. The van der Waals surface area contributed by atoms with Crippen molar-refractivity contribution in [3.63, 3.8) is 0 Å². The molecule has 0 unspecified atom stereocenters. The van der Waals surface area contributed by atoms with Gasteiger partial charge in [0, 0.05) is 33.9 Å². The van der Waals surface area contributed by atoms with Crippen molar-refractivity contribution in [2.75, 3.05) is 16.0 Å². The Labute approximate surface area is 194 Å². The van der Waals surface area contributed by atoms with Gasteiger partial charge in [0.25, 0.3) is 0 Å². The first-order valence-corrected chi connectivity index (χ1v) is 11.4. The number of H-pyrrole nitrogens is 1. The molecule has 0 bridgehead atoms.